The fourth-order valence-electron chi connectivity index (χ4n) is 4.22. The SMILES string of the molecule is Cc1ccc2c(oc3c2ccc2ccc4ccccc4c23)c1C(C)C. The lowest BCUT2D eigenvalue weighted by Crippen LogP contribution is -1.92. The summed E-state index contributed by atoms with van der Waals surface area (Å²) in [4.78, 5) is 0. The van der Waals surface area contributed by atoms with Gasteiger partial charge in [0, 0.05) is 21.7 Å². The van der Waals surface area contributed by atoms with E-state index in [0.717, 1.165) is 11.2 Å². The Morgan fingerprint density at radius 1 is 0.680 bits per heavy atom. The van der Waals surface area contributed by atoms with E-state index in [1.54, 1.807) is 0 Å². The van der Waals surface area contributed by atoms with Crippen molar-refractivity contribution in [1.29, 1.82) is 0 Å². The van der Waals surface area contributed by atoms with E-state index in [0.29, 0.717) is 5.92 Å². The Labute approximate surface area is 146 Å². The number of aryl methyl sites for hydroxylation is 1. The van der Waals surface area contributed by atoms with Gasteiger partial charge in [0.15, 0.2) is 0 Å². The summed E-state index contributed by atoms with van der Waals surface area (Å²) >= 11 is 0. The molecule has 0 fully saturated rings. The van der Waals surface area contributed by atoms with Crippen LogP contribution in [-0.2, 0) is 0 Å². The molecule has 122 valence electrons. The Bertz CT molecular complexity index is 1270. The molecule has 25 heavy (non-hydrogen) atoms. The molecule has 0 aliphatic heterocycles. The maximum atomic E-state index is 6.55. The quantitative estimate of drug-likeness (QED) is 0.294. The van der Waals surface area contributed by atoms with Crippen LogP contribution < -0.4 is 0 Å². The van der Waals surface area contributed by atoms with Crippen molar-refractivity contribution in [3.05, 3.63) is 71.8 Å². The third kappa shape index (κ3) is 1.96. The largest absolute Gasteiger partial charge is 0.455 e. The second-order valence-corrected chi connectivity index (χ2v) is 7.26. The molecule has 0 saturated carbocycles. The minimum atomic E-state index is 0.437. The average Bonchev–Trinajstić information content (AvgIpc) is 2.99. The summed E-state index contributed by atoms with van der Waals surface area (Å²) in [5.74, 6) is 0.437. The summed E-state index contributed by atoms with van der Waals surface area (Å²) in [5.41, 5.74) is 4.68. The smallest absolute Gasteiger partial charge is 0.143 e. The van der Waals surface area contributed by atoms with Crippen LogP contribution in [0.2, 0.25) is 0 Å². The summed E-state index contributed by atoms with van der Waals surface area (Å²) in [6.07, 6.45) is 0. The van der Waals surface area contributed by atoms with Gasteiger partial charge in [-0.3, -0.25) is 0 Å². The number of fused-ring (bicyclic) bond motifs is 7. The summed E-state index contributed by atoms with van der Waals surface area (Å²) in [7, 11) is 0. The number of hydrogen-bond acceptors (Lipinski definition) is 1. The molecule has 0 atom stereocenters. The van der Waals surface area contributed by atoms with Gasteiger partial charge < -0.3 is 4.42 Å². The Morgan fingerprint density at radius 2 is 1.36 bits per heavy atom. The van der Waals surface area contributed by atoms with Crippen molar-refractivity contribution in [3.63, 3.8) is 0 Å². The molecule has 4 aromatic carbocycles. The molecule has 1 nitrogen and oxygen atoms in total. The molecule has 0 amide bonds. The highest BCUT2D eigenvalue weighted by atomic mass is 16.3. The molecule has 5 rings (SSSR count). The van der Waals surface area contributed by atoms with E-state index < -0.39 is 0 Å². The van der Waals surface area contributed by atoms with Crippen molar-refractivity contribution in [2.45, 2.75) is 26.7 Å². The van der Waals surface area contributed by atoms with Crippen LogP contribution >= 0.6 is 0 Å². The minimum absolute atomic E-state index is 0.437. The Balaban J connectivity index is 2.06. The highest BCUT2D eigenvalue weighted by Gasteiger charge is 2.17. The van der Waals surface area contributed by atoms with Gasteiger partial charge in [-0.05, 0) is 40.6 Å². The van der Waals surface area contributed by atoms with Gasteiger partial charge in [-0.2, -0.15) is 0 Å². The van der Waals surface area contributed by atoms with E-state index in [1.807, 2.05) is 0 Å². The van der Waals surface area contributed by atoms with Crippen molar-refractivity contribution in [2.75, 3.05) is 0 Å². The molecule has 0 spiro atoms. The van der Waals surface area contributed by atoms with E-state index in [1.165, 1.54) is 43.4 Å². The number of benzene rings is 4. The van der Waals surface area contributed by atoms with Crippen LogP contribution in [0.3, 0.4) is 0 Å². The van der Waals surface area contributed by atoms with Crippen LogP contribution in [-0.4, -0.2) is 0 Å². The average molecular weight is 324 g/mol. The summed E-state index contributed by atoms with van der Waals surface area (Å²) in [5, 5.41) is 7.39. The maximum Gasteiger partial charge on any atom is 0.143 e. The molecule has 0 radical (unpaired) electrons. The zero-order valence-electron chi connectivity index (χ0n) is 14.8. The van der Waals surface area contributed by atoms with E-state index in [9.17, 15) is 0 Å². The van der Waals surface area contributed by atoms with Crippen molar-refractivity contribution >= 4 is 43.5 Å². The molecule has 5 aromatic rings. The van der Waals surface area contributed by atoms with E-state index in [-0.39, 0.29) is 0 Å². The van der Waals surface area contributed by atoms with Crippen molar-refractivity contribution in [2.24, 2.45) is 0 Å². The van der Waals surface area contributed by atoms with Crippen LogP contribution in [0, 0.1) is 6.92 Å². The first-order valence-corrected chi connectivity index (χ1v) is 8.91. The van der Waals surface area contributed by atoms with E-state index >= 15 is 0 Å². The highest BCUT2D eigenvalue weighted by Crippen LogP contribution is 2.40. The van der Waals surface area contributed by atoms with Crippen LogP contribution in [0.5, 0.6) is 0 Å². The molecule has 0 bridgehead atoms. The fourth-order valence-corrected chi connectivity index (χ4v) is 4.22. The van der Waals surface area contributed by atoms with E-state index in [2.05, 4.69) is 81.4 Å². The first-order chi connectivity index (χ1) is 12.1. The maximum absolute atomic E-state index is 6.55. The van der Waals surface area contributed by atoms with Crippen LogP contribution in [0.1, 0.15) is 30.9 Å². The third-order valence-corrected chi connectivity index (χ3v) is 5.35. The predicted molar refractivity (Wildman–Crippen MR) is 108 cm³/mol. The van der Waals surface area contributed by atoms with Crippen LogP contribution in [0.4, 0.5) is 0 Å². The lowest BCUT2D eigenvalue weighted by molar-refractivity contribution is 0.659. The Kier molecular flexibility index (Phi) is 2.96. The predicted octanol–water partition coefficient (Wildman–Crippen LogP) is 7.32. The normalized spacial score (nSPS) is 12.2. The van der Waals surface area contributed by atoms with Crippen LogP contribution in [0.25, 0.3) is 43.5 Å². The monoisotopic (exact) mass is 324 g/mol. The lowest BCUT2D eigenvalue weighted by atomic mass is 9.95. The Morgan fingerprint density at radius 3 is 2.20 bits per heavy atom. The number of hydrogen-bond donors (Lipinski definition) is 0. The second-order valence-electron chi connectivity index (χ2n) is 7.26. The zero-order valence-corrected chi connectivity index (χ0v) is 14.8. The fraction of sp³-hybridized carbons (Fsp3) is 0.167. The standard InChI is InChI=1S/C24H20O/c1-14(2)21-15(3)8-12-19-20-13-11-17-10-9-16-6-4-5-7-18(16)22(17)24(20)25-23(19)21/h4-14H,1-3H3. The molecule has 0 aliphatic rings. The van der Waals surface area contributed by atoms with Gasteiger partial charge in [-0.25, -0.2) is 0 Å². The second kappa shape index (κ2) is 5.10. The van der Waals surface area contributed by atoms with Gasteiger partial charge in [0.25, 0.3) is 0 Å². The molecule has 0 aliphatic carbocycles. The van der Waals surface area contributed by atoms with Gasteiger partial charge in [0.05, 0.1) is 0 Å². The van der Waals surface area contributed by atoms with Crippen LogP contribution in [0.15, 0.2) is 65.1 Å². The molecular formula is C24H20O. The first kappa shape index (κ1) is 14.5. The lowest BCUT2D eigenvalue weighted by Gasteiger charge is -2.09. The van der Waals surface area contributed by atoms with Gasteiger partial charge >= 0.3 is 0 Å². The van der Waals surface area contributed by atoms with Crippen molar-refractivity contribution < 1.29 is 4.42 Å². The molecule has 0 N–H and O–H groups in total. The van der Waals surface area contributed by atoms with Crippen molar-refractivity contribution in [3.8, 4) is 0 Å². The topological polar surface area (TPSA) is 13.1 Å². The Hall–Kier alpha value is -2.80. The van der Waals surface area contributed by atoms with Gasteiger partial charge in [-0.1, -0.05) is 68.4 Å². The number of rotatable bonds is 1. The molecule has 0 saturated heterocycles. The molecule has 1 heteroatoms. The molecule has 1 aromatic heterocycles. The molecule has 0 unspecified atom stereocenters. The summed E-state index contributed by atoms with van der Waals surface area (Å²) in [6.45, 7) is 6.65. The third-order valence-electron chi connectivity index (χ3n) is 5.35. The summed E-state index contributed by atoms with van der Waals surface area (Å²) in [6, 6.07) is 21.8. The highest BCUT2D eigenvalue weighted by molar-refractivity contribution is 6.23. The first-order valence-electron chi connectivity index (χ1n) is 8.91. The summed E-state index contributed by atoms with van der Waals surface area (Å²) < 4.78 is 6.55. The number of furan rings is 1. The van der Waals surface area contributed by atoms with Gasteiger partial charge in [0.2, 0.25) is 0 Å². The minimum Gasteiger partial charge on any atom is -0.455 e. The molecule has 1 heterocycles. The van der Waals surface area contributed by atoms with Crippen molar-refractivity contribution in [1.82, 2.24) is 0 Å². The van der Waals surface area contributed by atoms with Gasteiger partial charge in [0.1, 0.15) is 11.2 Å². The molecular weight excluding hydrogens is 304 g/mol. The van der Waals surface area contributed by atoms with Gasteiger partial charge in [-0.15, -0.1) is 0 Å². The zero-order chi connectivity index (χ0) is 17.1. The van der Waals surface area contributed by atoms with E-state index in [4.69, 9.17) is 4.42 Å².